The Hall–Kier alpha value is -2.92. The summed E-state index contributed by atoms with van der Waals surface area (Å²) in [4.78, 5) is 4.72. The number of aromatic nitrogens is 3. The molecule has 0 saturated carbocycles. The summed E-state index contributed by atoms with van der Waals surface area (Å²) in [6.07, 6.45) is 4.11. The predicted molar refractivity (Wildman–Crippen MR) is 113 cm³/mol. The minimum absolute atomic E-state index is 0.241. The van der Waals surface area contributed by atoms with E-state index < -0.39 is 0 Å². The fourth-order valence-corrected chi connectivity index (χ4v) is 4.64. The largest absolute Gasteiger partial charge is 0.381 e. The van der Waals surface area contributed by atoms with Gasteiger partial charge in [0.1, 0.15) is 5.76 Å². The molecule has 0 spiro atoms. The van der Waals surface area contributed by atoms with Gasteiger partial charge in [0.2, 0.25) is 0 Å². The summed E-state index contributed by atoms with van der Waals surface area (Å²) in [5, 5.41) is 4.13. The van der Waals surface area contributed by atoms with E-state index in [-0.39, 0.29) is 6.04 Å². The lowest BCUT2D eigenvalue weighted by Gasteiger charge is -2.32. The number of fused-ring (bicyclic) bond motifs is 1. The molecular formula is C24H25N3O2. The van der Waals surface area contributed by atoms with Crippen LogP contribution in [-0.2, 0) is 4.74 Å². The van der Waals surface area contributed by atoms with E-state index in [1.165, 1.54) is 5.56 Å². The van der Waals surface area contributed by atoms with Crippen LogP contribution >= 0.6 is 0 Å². The highest BCUT2D eigenvalue weighted by Gasteiger charge is 2.28. The molecule has 2 aromatic carbocycles. The van der Waals surface area contributed by atoms with Gasteiger partial charge in [-0.15, -0.1) is 0 Å². The zero-order valence-corrected chi connectivity index (χ0v) is 16.8. The van der Waals surface area contributed by atoms with E-state index in [0.717, 1.165) is 59.7 Å². The first kappa shape index (κ1) is 18.1. The summed E-state index contributed by atoms with van der Waals surface area (Å²) in [6, 6.07) is 17.4. The van der Waals surface area contributed by atoms with E-state index in [1.807, 2.05) is 20.2 Å². The highest BCUT2D eigenvalue weighted by molar-refractivity contribution is 5.83. The van der Waals surface area contributed by atoms with Crippen molar-refractivity contribution in [1.29, 1.82) is 0 Å². The molecule has 5 rings (SSSR count). The molecule has 1 saturated heterocycles. The number of aryl methyl sites for hydroxylation is 2. The Bertz CT molecular complexity index is 1100. The topological polar surface area (TPSA) is 53.1 Å². The van der Waals surface area contributed by atoms with E-state index in [9.17, 15) is 0 Å². The van der Waals surface area contributed by atoms with E-state index in [1.54, 1.807) is 0 Å². The molecule has 0 N–H and O–H groups in total. The van der Waals surface area contributed by atoms with Gasteiger partial charge >= 0.3 is 0 Å². The third-order valence-electron chi connectivity index (χ3n) is 6.05. The SMILES string of the molecule is Cc1noc(C)c1-c1ccc2ncn(C(c3ccccc3)C3CCOCC3)c2c1. The Morgan fingerprint density at radius 3 is 2.55 bits per heavy atom. The highest BCUT2D eigenvalue weighted by atomic mass is 16.5. The number of nitrogens with zero attached hydrogens (tertiary/aromatic N) is 3. The van der Waals surface area contributed by atoms with Gasteiger partial charge in [0.15, 0.2) is 0 Å². The summed E-state index contributed by atoms with van der Waals surface area (Å²) in [7, 11) is 0. The Balaban J connectivity index is 1.66. The van der Waals surface area contributed by atoms with Crippen molar-refractivity contribution in [3.63, 3.8) is 0 Å². The van der Waals surface area contributed by atoms with Crippen LogP contribution in [0.15, 0.2) is 59.4 Å². The standard InChI is InChI=1S/C24H25N3O2/c1-16-23(17(2)29-26-16)20-8-9-21-22(14-20)27(15-25-21)24(18-6-4-3-5-7-18)19-10-12-28-13-11-19/h3-9,14-15,19,24H,10-13H2,1-2H3. The number of imidazole rings is 1. The molecule has 0 amide bonds. The first-order chi connectivity index (χ1) is 14.2. The average molecular weight is 387 g/mol. The zero-order chi connectivity index (χ0) is 19.8. The van der Waals surface area contributed by atoms with E-state index in [4.69, 9.17) is 14.2 Å². The number of benzene rings is 2. The molecule has 5 nitrogen and oxygen atoms in total. The van der Waals surface area contributed by atoms with E-state index in [2.05, 4.69) is 58.3 Å². The van der Waals surface area contributed by atoms with Crippen LogP contribution in [0.1, 0.15) is 35.9 Å². The molecule has 1 aliphatic heterocycles. The van der Waals surface area contributed by atoms with Crippen LogP contribution in [0, 0.1) is 19.8 Å². The molecule has 2 aromatic heterocycles. The second-order valence-electron chi connectivity index (χ2n) is 7.86. The van der Waals surface area contributed by atoms with Crippen molar-refractivity contribution in [3.8, 4) is 11.1 Å². The molecule has 5 heteroatoms. The molecule has 1 fully saturated rings. The lowest BCUT2D eigenvalue weighted by molar-refractivity contribution is 0.0547. The Morgan fingerprint density at radius 2 is 1.83 bits per heavy atom. The molecule has 0 radical (unpaired) electrons. The lowest BCUT2D eigenvalue weighted by atomic mass is 9.86. The van der Waals surface area contributed by atoms with Crippen molar-refractivity contribution < 1.29 is 9.26 Å². The normalized spacial score (nSPS) is 16.3. The molecule has 1 aliphatic rings. The molecule has 29 heavy (non-hydrogen) atoms. The number of rotatable bonds is 4. The zero-order valence-electron chi connectivity index (χ0n) is 16.8. The number of hydrogen-bond acceptors (Lipinski definition) is 4. The van der Waals surface area contributed by atoms with Gasteiger partial charge in [-0.2, -0.15) is 0 Å². The molecule has 0 aliphatic carbocycles. The maximum absolute atomic E-state index is 5.64. The summed E-state index contributed by atoms with van der Waals surface area (Å²) >= 11 is 0. The van der Waals surface area contributed by atoms with E-state index in [0.29, 0.717) is 5.92 Å². The van der Waals surface area contributed by atoms with Crippen molar-refractivity contribution in [2.24, 2.45) is 5.92 Å². The summed E-state index contributed by atoms with van der Waals surface area (Å²) in [6.45, 7) is 5.60. The van der Waals surface area contributed by atoms with Gasteiger partial charge in [-0.1, -0.05) is 41.6 Å². The maximum Gasteiger partial charge on any atom is 0.141 e. The Kier molecular flexibility index (Phi) is 4.68. The fraction of sp³-hybridized carbons (Fsp3) is 0.333. The maximum atomic E-state index is 5.64. The van der Waals surface area contributed by atoms with Crippen LogP contribution in [-0.4, -0.2) is 27.9 Å². The van der Waals surface area contributed by atoms with Crippen molar-refractivity contribution in [2.75, 3.05) is 13.2 Å². The quantitative estimate of drug-likeness (QED) is 0.475. The summed E-state index contributed by atoms with van der Waals surface area (Å²) in [5.41, 5.74) is 6.58. The average Bonchev–Trinajstić information content (AvgIpc) is 3.32. The Morgan fingerprint density at radius 1 is 1.03 bits per heavy atom. The first-order valence-corrected chi connectivity index (χ1v) is 10.2. The summed E-state index contributed by atoms with van der Waals surface area (Å²) in [5.74, 6) is 1.36. The third kappa shape index (κ3) is 3.25. The second-order valence-corrected chi connectivity index (χ2v) is 7.86. The van der Waals surface area contributed by atoms with Crippen molar-refractivity contribution in [3.05, 3.63) is 71.9 Å². The molecule has 0 bridgehead atoms. The van der Waals surface area contributed by atoms with Crippen LogP contribution in [0.5, 0.6) is 0 Å². The monoisotopic (exact) mass is 387 g/mol. The van der Waals surface area contributed by atoms with Crippen LogP contribution < -0.4 is 0 Å². The summed E-state index contributed by atoms with van der Waals surface area (Å²) < 4.78 is 13.4. The van der Waals surface area contributed by atoms with E-state index >= 15 is 0 Å². The van der Waals surface area contributed by atoms with Crippen LogP contribution in [0.4, 0.5) is 0 Å². The van der Waals surface area contributed by atoms with Crippen molar-refractivity contribution >= 4 is 11.0 Å². The van der Waals surface area contributed by atoms with Gasteiger partial charge in [0.25, 0.3) is 0 Å². The van der Waals surface area contributed by atoms with Gasteiger partial charge in [-0.05, 0) is 55.9 Å². The predicted octanol–water partition coefficient (Wildman–Crippen LogP) is 5.32. The molecule has 4 aromatic rings. The third-order valence-corrected chi connectivity index (χ3v) is 6.05. The minimum atomic E-state index is 0.241. The van der Waals surface area contributed by atoms with Crippen LogP contribution in [0.2, 0.25) is 0 Å². The lowest BCUT2D eigenvalue weighted by Crippen LogP contribution is -2.26. The van der Waals surface area contributed by atoms with Gasteiger partial charge in [0.05, 0.1) is 29.1 Å². The van der Waals surface area contributed by atoms with Crippen LogP contribution in [0.25, 0.3) is 22.2 Å². The molecule has 1 atom stereocenters. The second kappa shape index (κ2) is 7.48. The fourth-order valence-electron chi connectivity index (χ4n) is 4.64. The van der Waals surface area contributed by atoms with Gasteiger partial charge in [-0.3, -0.25) is 0 Å². The van der Waals surface area contributed by atoms with Crippen LogP contribution in [0.3, 0.4) is 0 Å². The molecule has 3 heterocycles. The van der Waals surface area contributed by atoms with Gasteiger partial charge in [-0.25, -0.2) is 4.98 Å². The Labute approximate surface area is 170 Å². The highest BCUT2D eigenvalue weighted by Crippen LogP contribution is 2.37. The first-order valence-electron chi connectivity index (χ1n) is 10.2. The number of ether oxygens (including phenoxy) is 1. The molecule has 148 valence electrons. The van der Waals surface area contributed by atoms with Crippen molar-refractivity contribution in [2.45, 2.75) is 32.7 Å². The van der Waals surface area contributed by atoms with Gasteiger partial charge in [0, 0.05) is 18.8 Å². The molecule has 1 unspecified atom stereocenters. The molecular weight excluding hydrogens is 362 g/mol. The number of hydrogen-bond donors (Lipinski definition) is 0. The van der Waals surface area contributed by atoms with Gasteiger partial charge < -0.3 is 13.8 Å². The van der Waals surface area contributed by atoms with Crippen molar-refractivity contribution in [1.82, 2.24) is 14.7 Å². The minimum Gasteiger partial charge on any atom is -0.381 e. The smallest absolute Gasteiger partial charge is 0.141 e.